The number of hydrogen-bond donors (Lipinski definition) is 2. The van der Waals surface area contributed by atoms with E-state index in [1.807, 2.05) is 0 Å². The van der Waals surface area contributed by atoms with E-state index in [1.165, 1.54) is 10.6 Å². The lowest BCUT2D eigenvalue weighted by molar-refractivity contribution is -0.125. The molecule has 3 heterocycles. The van der Waals surface area contributed by atoms with Gasteiger partial charge < -0.3 is 19.6 Å². The first-order chi connectivity index (χ1) is 16.3. The number of imide groups is 1. The Hall–Kier alpha value is -4.47. The second-order valence-electron chi connectivity index (χ2n) is 7.87. The van der Waals surface area contributed by atoms with Gasteiger partial charge in [0.15, 0.2) is 11.6 Å². The number of nitrogens with one attached hydrogen (secondary N) is 2. The van der Waals surface area contributed by atoms with Crippen LogP contribution < -0.4 is 15.6 Å². The average Bonchev–Trinajstić information content (AvgIpc) is 3.42. The number of nitrogens with zero attached hydrogens (tertiary/aromatic N) is 2. The lowest BCUT2D eigenvalue weighted by atomic mass is 10.00. The smallest absolute Gasteiger partial charge is 0.324 e. The van der Waals surface area contributed by atoms with Crippen molar-refractivity contribution in [2.24, 2.45) is 7.05 Å². The first-order valence-corrected chi connectivity index (χ1v) is 10.3. The summed E-state index contributed by atoms with van der Waals surface area (Å²) in [6, 6.07) is 9.17. The van der Waals surface area contributed by atoms with Crippen molar-refractivity contribution >= 4 is 22.8 Å². The van der Waals surface area contributed by atoms with Gasteiger partial charge in [-0.2, -0.15) is 0 Å². The fourth-order valence-corrected chi connectivity index (χ4v) is 3.93. The van der Waals surface area contributed by atoms with Crippen LogP contribution in [0, 0.1) is 11.6 Å². The number of H-pyrrole nitrogens is 1. The molecule has 34 heavy (non-hydrogen) atoms. The van der Waals surface area contributed by atoms with E-state index in [0.717, 1.165) is 17.0 Å². The summed E-state index contributed by atoms with van der Waals surface area (Å²) in [4.78, 5) is 40.6. The van der Waals surface area contributed by atoms with Gasteiger partial charge in [0.05, 0.1) is 13.1 Å². The predicted molar refractivity (Wildman–Crippen MR) is 119 cm³/mol. The van der Waals surface area contributed by atoms with Gasteiger partial charge in [0, 0.05) is 42.0 Å². The monoisotopic (exact) mass is 464 g/mol. The Kier molecular flexibility index (Phi) is 5.12. The molecule has 1 aliphatic heterocycles. The summed E-state index contributed by atoms with van der Waals surface area (Å²) in [5.41, 5.74) is 1.86. The van der Waals surface area contributed by atoms with Crippen LogP contribution in [0.25, 0.3) is 22.0 Å². The Morgan fingerprint density at radius 3 is 2.53 bits per heavy atom. The van der Waals surface area contributed by atoms with Crippen LogP contribution in [0.5, 0.6) is 11.5 Å². The number of pyridine rings is 1. The van der Waals surface area contributed by atoms with E-state index in [4.69, 9.17) is 4.74 Å². The standard InChI is InChI=1S/C24H18F2N4O4/c1-29-12-17(15-6-7-27-22(15)23(29)32)16-8-13(11-30-21(31)10-28-24(30)33)2-4-19(16)34-20-5-3-14(25)9-18(20)26/h2-9,12,27H,10-11H2,1H3,(H,28,33). The Morgan fingerprint density at radius 1 is 1.00 bits per heavy atom. The van der Waals surface area contributed by atoms with Gasteiger partial charge in [0.1, 0.15) is 17.1 Å². The Balaban J connectivity index is 1.66. The van der Waals surface area contributed by atoms with Crippen molar-refractivity contribution in [2.45, 2.75) is 6.54 Å². The third kappa shape index (κ3) is 3.68. The van der Waals surface area contributed by atoms with Crippen LogP contribution in [0.2, 0.25) is 0 Å². The largest absolute Gasteiger partial charge is 0.454 e. The molecule has 8 nitrogen and oxygen atoms in total. The van der Waals surface area contributed by atoms with E-state index in [1.54, 1.807) is 43.7 Å². The summed E-state index contributed by atoms with van der Waals surface area (Å²) in [7, 11) is 1.60. The number of hydrogen-bond acceptors (Lipinski definition) is 4. The lowest BCUT2D eigenvalue weighted by Gasteiger charge is -2.17. The number of benzene rings is 2. The number of ether oxygens (including phenoxy) is 1. The second-order valence-corrected chi connectivity index (χ2v) is 7.87. The Labute approximate surface area is 191 Å². The summed E-state index contributed by atoms with van der Waals surface area (Å²) >= 11 is 0. The SMILES string of the molecule is Cn1cc(-c2cc(CN3C(=O)CNC3=O)ccc2Oc2ccc(F)cc2F)c2cc[nH]c2c1=O. The minimum Gasteiger partial charge on any atom is -0.454 e. The molecule has 0 saturated carbocycles. The molecule has 172 valence electrons. The van der Waals surface area contributed by atoms with Gasteiger partial charge in [-0.1, -0.05) is 6.07 Å². The zero-order valence-electron chi connectivity index (χ0n) is 17.9. The number of amides is 3. The molecule has 10 heteroatoms. The van der Waals surface area contributed by atoms with E-state index in [0.29, 0.717) is 27.6 Å². The zero-order chi connectivity index (χ0) is 24.0. The van der Waals surface area contributed by atoms with Crippen LogP contribution in [0.4, 0.5) is 13.6 Å². The van der Waals surface area contributed by atoms with Crippen molar-refractivity contribution in [2.75, 3.05) is 6.54 Å². The van der Waals surface area contributed by atoms with Gasteiger partial charge in [0.2, 0.25) is 5.91 Å². The van der Waals surface area contributed by atoms with Crippen LogP contribution in [0.3, 0.4) is 0 Å². The Bertz CT molecular complexity index is 1510. The first-order valence-electron chi connectivity index (χ1n) is 10.3. The second kappa shape index (κ2) is 8.14. The van der Waals surface area contributed by atoms with Crippen LogP contribution in [-0.2, 0) is 18.4 Å². The van der Waals surface area contributed by atoms with Gasteiger partial charge in [-0.25, -0.2) is 13.6 Å². The number of carbonyl (C=O) groups excluding carboxylic acids is 2. The van der Waals surface area contributed by atoms with Gasteiger partial charge in [0.25, 0.3) is 5.56 Å². The van der Waals surface area contributed by atoms with Gasteiger partial charge in [-0.15, -0.1) is 0 Å². The summed E-state index contributed by atoms with van der Waals surface area (Å²) in [5.74, 6) is -1.90. The summed E-state index contributed by atoms with van der Waals surface area (Å²) < 4.78 is 34.9. The topological polar surface area (TPSA) is 96.4 Å². The fraction of sp³-hybridized carbons (Fsp3) is 0.125. The highest BCUT2D eigenvalue weighted by molar-refractivity contribution is 6.02. The number of aryl methyl sites for hydroxylation is 1. The fourth-order valence-electron chi connectivity index (χ4n) is 3.93. The maximum absolute atomic E-state index is 14.3. The predicted octanol–water partition coefficient (Wildman–Crippen LogP) is 3.66. The van der Waals surface area contributed by atoms with E-state index in [9.17, 15) is 23.2 Å². The molecular weight excluding hydrogens is 446 g/mol. The number of urea groups is 1. The number of fused-ring (bicyclic) bond motifs is 1. The molecule has 0 atom stereocenters. The van der Waals surface area contributed by atoms with Crippen LogP contribution in [-0.4, -0.2) is 32.9 Å². The van der Waals surface area contributed by atoms with Crippen LogP contribution in [0.15, 0.2) is 59.7 Å². The molecule has 0 radical (unpaired) electrons. The number of halogens is 2. The molecular formula is C24H18F2N4O4. The molecule has 2 aromatic carbocycles. The molecule has 2 N–H and O–H groups in total. The van der Waals surface area contributed by atoms with E-state index >= 15 is 0 Å². The number of aromatic amines is 1. The quantitative estimate of drug-likeness (QED) is 0.441. The molecule has 2 aromatic heterocycles. The molecule has 1 fully saturated rings. The van der Waals surface area contributed by atoms with Crippen LogP contribution in [0.1, 0.15) is 5.56 Å². The maximum Gasteiger partial charge on any atom is 0.324 e. The summed E-state index contributed by atoms with van der Waals surface area (Å²) in [5, 5.41) is 3.08. The lowest BCUT2D eigenvalue weighted by Crippen LogP contribution is -2.30. The molecule has 0 aliphatic carbocycles. The average molecular weight is 464 g/mol. The Morgan fingerprint density at radius 2 is 1.79 bits per heavy atom. The maximum atomic E-state index is 14.3. The number of carbonyl (C=O) groups is 2. The van der Waals surface area contributed by atoms with Gasteiger partial charge in [-0.3, -0.25) is 14.5 Å². The van der Waals surface area contributed by atoms with Crippen molar-refractivity contribution in [3.8, 4) is 22.6 Å². The van der Waals surface area contributed by atoms with Crippen molar-refractivity contribution in [3.63, 3.8) is 0 Å². The molecule has 1 aliphatic rings. The molecule has 3 amide bonds. The first kappa shape index (κ1) is 21.4. The third-order valence-electron chi connectivity index (χ3n) is 5.62. The van der Waals surface area contributed by atoms with Crippen molar-refractivity contribution in [1.29, 1.82) is 0 Å². The molecule has 0 spiro atoms. The zero-order valence-corrected chi connectivity index (χ0v) is 17.9. The van der Waals surface area contributed by atoms with E-state index in [-0.39, 0.29) is 36.1 Å². The minimum absolute atomic E-state index is 0.0187. The van der Waals surface area contributed by atoms with E-state index < -0.39 is 17.7 Å². The third-order valence-corrected chi connectivity index (χ3v) is 5.62. The molecule has 0 unspecified atom stereocenters. The molecule has 4 aromatic rings. The van der Waals surface area contributed by atoms with Crippen LogP contribution >= 0.6 is 0 Å². The van der Waals surface area contributed by atoms with Gasteiger partial charge >= 0.3 is 6.03 Å². The summed E-state index contributed by atoms with van der Waals surface area (Å²) in [6.45, 7) is -0.0492. The van der Waals surface area contributed by atoms with Crippen molar-refractivity contribution in [3.05, 3.63) is 82.4 Å². The highest BCUT2D eigenvalue weighted by atomic mass is 19.1. The number of rotatable bonds is 5. The summed E-state index contributed by atoms with van der Waals surface area (Å²) in [6.07, 6.45) is 3.26. The minimum atomic E-state index is -0.874. The molecule has 1 saturated heterocycles. The van der Waals surface area contributed by atoms with Crippen molar-refractivity contribution < 1.29 is 23.1 Å². The van der Waals surface area contributed by atoms with Gasteiger partial charge in [-0.05, 0) is 35.9 Å². The number of aromatic nitrogens is 2. The highest BCUT2D eigenvalue weighted by Gasteiger charge is 2.28. The highest BCUT2D eigenvalue weighted by Crippen LogP contribution is 2.38. The van der Waals surface area contributed by atoms with E-state index in [2.05, 4.69) is 10.3 Å². The molecule has 5 rings (SSSR count). The molecule has 0 bridgehead atoms. The van der Waals surface area contributed by atoms with Crippen molar-refractivity contribution in [1.82, 2.24) is 19.8 Å². The normalized spacial score (nSPS) is 13.6.